The van der Waals surface area contributed by atoms with Crippen molar-refractivity contribution in [2.75, 3.05) is 27.2 Å². The Morgan fingerprint density at radius 1 is 1.33 bits per heavy atom. The lowest BCUT2D eigenvalue weighted by atomic mass is 9.85. The van der Waals surface area contributed by atoms with Crippen molar-refractivity contribution in [2.24, 2.45) is 5.92 Å². The van der Waals surface area contributed by atoms with E-state index in [1.54, 1.807) is 13.2 Å². The lowest BCUT2D eigenvalue weighted by molar-refractivity contribution is 0.0891. The minimum Gasteiger partial charge on any atom is -0.497 e. The molecular formula is C19H24N2O3. The van der Waals surface area contributed by atoms with Gasteiger partial charge < -0.3 is 14.5 Å². The van der Waals surface area contributed by atoms with E-state index < -0.39 is 0 Å². The third-order valence-corrected chi connectivity index (χ3v) is 4.77. The van der Waals surface area contributed by atoms with Crippen LogP contribution in [0.3, 0.4) is 0 Å². The maximum absolute atomic E-state index is 12.2. The Hall–Kier alpha value is -2.27. The molecule has 0 bridgehead atoms. The number of ether oxygens (including phenoxy) is 1. The Balaban J connectivity index is 1.70. The van der Waals surface area contributed by atoms with Gasteiger partial charge in [-0.2, -0.15) is 0 Å². The first kappa shape index (κ1) is 16.6. The highest BCUT2D eigenvalue weighted by molar-refractivity contribution is 5.93. The molecule has 0 radical (unpaired) electrons. The van der Waals surface area contributed by atoms with Gasteiger partial charge in [-0.25, -0.2) is 0 Å². The average Bonchev–Trinajstić information content (AvgIpc) is 3.14. The van der Waals surface area contributed by atoms with Gasteiger partial charge in [0.2, 0.25) is 0 Å². The first-order valence-corrected chi connectivity index (χ1v) is 8.33. The number of furan rings is 1. The van der Waals surface area contributed by atoms with Gasteiger partial charge in [-0.3, -0.25) is 9.69 Å². The smallest absolute Gasteiger partial charge is 0.254 e. The quantitative estimate of drug-likeness (QED) is 0.916. The maximum Gasteiger partial charge on any atom is 0.254 e. The molecule has 2 aromatic rings. The van der Waals surface area contributed by atoms with Crippen LogP contribution >= 0.6 is 0 Å². The normalized spacial score (nSPS) is 21.4. The summed E-state index contributed by atoms with van der Waals surface area (Å²) in [4.78, 5) is 14.5. The van der Waals surface area contributed by atoms with Crippen molar-refractivity contribution in [3.63, 3.8) is 0 Å². The highest BCUT2D eigenvalue weighted by atomic mass is 16.5. The molecule has 3 rings (SSSR count). The van der Waals surface area contributed by atoms with Crippen LogP contribution in [0, 0.1) is 5.92 Å². The van der Waals surface area contributed by atoms with Crippen molar-refractivity contribution < 1.29 is 13.9 Å². The van der Waals surface area contributed by atoms with E-state index in [1.807, 2.05) is 12.1 Å². The van der Waals surface area contributed by atoms with Gasteiger partial charge >= 0.3 is 0 Å². The van der Waals surface area contributed by atoms with Crippen LogP contribution in [-0.4, -0.2) is 38.1 Å². The number of amides is 1. The van der Waals surface area contributed by atoms with Crippen LogP contribution in [-0.2, 0) is 0 Å². The Bertz CT molecular complexity index is 652. The maximum atomic E-state index is 12.2. The van der Waals surface area contributed by atoms with Gasteiger partial charge in [0.1, 0.15) is 12.0 Å². The van der Waals surface area contributed by atoms with Crippen molar-refractivity contribution >= 4 is 5.91 Å². The molecule has 5 heteroatoms. The van der Waals surface area contributed by atoms with Crippen LogP contribution in [0.25, 0.3) is 0 Å². The van der Waals surface area contributed by atoms with Gasteiger partial charge in [-0.1, -0.05) is 12.1 Å². The lowest BCUT2D eigenvalue weighted by Gasteiger charge is -2.39. The summed E-state index contributed by atoms with van der Waals surface area (Å²) in [6.45, 7) is 1.73. The van der Waals surface area contributed by atoms with Crippen LogP contribution in [0.2, 0.25) is 0 Å². The molecule has 24 heavy (non-hydrogen) atoms. The minimum atomic E-state index is -0.0783. The second-order valence-electron chi connectivity index (χ2n) is 6.32. The van der Waals surface area contributed by atoms with E-state index in [2.05, 4.69) is 29.4 Å². The van der Waals surface area contributed by atoms with E-state index in [1.165, 1.54) is 18.1 Å². The molecular weight excluding hydrogens is 304 g/mol. The van der Waals surface area contributed by atoms with Crippen LogP contribution in [0.15, 0.2) is 47.3 Å². The topological polar surface area (TPSA) is 54.7 Å². The molecule has 128 valence electrons. The minimum absolute atomic E-state index is 0.0783. The SMILES string of the molecule is COc1ccc([C@@H]2[C@H](CNC(=O)c3ccoc3)CCCN2C)cc1. The van der Waals surface area contributed by atoms with E-state index in [0.29, 0.717) is 24.1 Å². The molecule has 1 amide bonds. The van der Waals surface area contributed by atoms with Crippen LogP contribution in [0.1, 0.15) is 34.8 Å². The van der Waals surface area contributed by atoms with Crippen molar-refractivity contribution in [1.29, 1.82) is 0 Å². The third kappa shape index (κ3) is 3.62. The number of likely N-dealkylation sites (tertiary alicyclic amines) is 1. The number of nitrogens with zero attached hydrogens (tertiary/aromatic N) is 1. The van der Waals surface area contributed by atoms with Gasteiger partial charge in [0, 0.05) is 12.6 Å². The van der Waals surface area contributed by atoms with Crippen molar-refractivity contribution in [3.05, 3.63) is 54.0 Å². The Morgan fingerprint density at radius 3 is 2.79 bits per heavy atom. The Morgan fingerprint density at radius 2 is 2.12 bits per heavy atom. The summed E-state index contributed by atoms with van der Waals surface area (Å²) in [5.41, 5.74) is 1.83. The van der Waals surface area contributed by atoms with Crippen molar-refractivity contribution in [1.82, 2.24) is 10.2 Å². The largest absolute Gasteiger partial charge is 0.497 e. The number of carbonyl (C=O) groups is 1. The molecule has 1 aromatic heterocycles. The summed E-state index contributed by atoms with van der Waals surface area (Å²) in [7, 11) is 3.83. The third-order valence-electron chi connectivity index (χ3n) is 4.77. The number of piperidine rings is 1. The predicted octanol–water partition coefficient (Wildman–Crippen LogP) is 3.10. The second-order valence-corrected chi connectivity index (χ2v) is 6.32. The molecule has 1 N–H and O–H groups in total. The first-order valence-electron chi connectivity index (χ1n) is 8.33. The lowest BCUT2D eigenvalue weighted by Crippen LogP contribution is -2.41. The Labute approximate surface area is 142 Å². The zero-order valence-corrected chi connectivity index (χ0v) is 14.2. The van der Waals surface area contributed by atoms with Crippen molar-refractivity contribution in [2.45, 2.75) is 18.9 Å². The standard InChI is InChI=1S/C19H24N2O3/c1-21-10-3-4-15(12-20-19(22)16-9-11-24-13-16)18(21)14-5-7-17(23-2)8-6-14/h5-9,11,13,15,18H,3-4,10,12H2,1-2H3,(H,20,22)/t15-,18+/m0/s1. The molecule has 1 aliphatic heterocycles. The fourth-order valence-corrected chi connectivity index (χ4v) is 3.52. The molecule has 5 nitrogen and oxygen atoms in total. The number of benzene rings is 1. The summed E-state index contributed by atoms with van der Waals surface area (Å²) >= 11 is 0. The number of rotatable bonds is 5. The fourth-order valence-electron chi connectivity index (χ4n) is 3.52. The zero-order valence-electron chi connectivity index (χ0n) is 14.2. The summed E-state index contributed by atoms with van der Waals surface area (Å²) in [5.74, 6) is 1.17. The van der Waals surface area contributed by atoms with Crippen molar-refractivity contribution in [3.8, 4) is 5.75 Å². The van der Waals surface area contributed by atoms with Gasteiger partial charge in [-0.05, 0) is 56.1 Å². The molecule has 1 aliphatic rings. The number of nitrogens with one attached hydrogen (secondary N) is 1. The highest BCUT2D eigenvalue weighted by Crippen LogP contribution is 2.35. The molecule has 2 heterocycles. The van der Waals surface area contributed by atoms with Crippen LogP contribution < -0.4 is 10.1 Å². The number of carbonyl (C=O) groups excluding carboxylic acids is 1. The van der Waals surface area contributed by atoms with Gasteiger partial charge in [0.05, 0.1) is 18.9 Å². The molecule has 1 fully saturated rings. The summed E-state index contributed by atoms with van der Waals surface area (Å²) in [6.07, 6.45) is 5.24. The van der Waals surface area contributed by atoms with Gasteiger partial charge in [0.25, 0.3) is 5.91 Å². The fraction of sp³-hybridized carbons (Fsp3) is 0.421. The van der Waals surface area contributed by atoms with Gasteiger partial charge in [0.15, 0.2) is 0 Å². The Kier molecular flexibility index (Phi) is 5.20. The molecule has 0 saturated carbocycles. The van der Waals surface area contributed by atoms with Crippen LogP contribution in [0.4, 0.5) is 0 Å². The highest BCUT2D eigenvalue weighted by Gasteiger charge is 2.30. The second kappa shape index (κ2) is 7.53. The monoisotopic (exact) mass is 328 g/mol. The number of methoxy groups -OCH3 is 1. The molecule has 0 unspecified atom stereocenters. The molecule has 1 saturated heterocycles. The van der Waals surface area contributed by atoms with E-state index in [-0.39, 0.29) is 5.91 Å². The van der Waals surface area contributed by atoms with Gasteiger partial charge in [-0.15, -0.1) is 0 Å². The summed E-state index contributed by atoms with van der Waals surface area (Å²) in [6, 6.07) is 10.2. The van der Waals surface area contributed by atoms with E-state index in [4.69, 9.17) is 9.15 Å². The zero-order chi connectivity index (χ0) is 16.9. The first-order chi connectivity index (χ1) is 11.7. The molecule has 2 atom stereocenters. The average molecular weight is 328 g/mol. The van der Waals surface area contributed by atoms with Crippen LogP contribution in [0.5, 0.6) is 5.75 Å². The summed E-state index contributed by atoms with van der Waals surface area (Å²) in [5, 5.41) is 3.05. The van der Waals surface area contributed by atoms with E-state index in [9.17, 15) is 4.79 Å². The van der Waals surface area contributed by atoms with E-state index in [0.717, 1.165) is 25.1 Å². The molecule has 1 aromatic carbocycles. The number of hydrogen-bond donors (Lipinski definition) is 1. The molecule has 0 spiro atoms. The predicted molar refractivity (Wildman–Crippen MR) is 92.1 cm³/mol. The number of hydrogen-bond acceptors (Lipinski definition) is 4. The summed E-state index contributed by atoms with van der Waals surface area (Å²) < 4.78 is 10.2. The van der Waals surface area contributed by atoms with E-state index >= 15 is 0 Å². The molecule has 0 aliphatic carbocycles.